The zero-order chi connectivity index (χ0) is 15.1. The van der Waals surface area contributed by atoms with Gasteiger partial charge in [0.25, 0.3) is 0 Å². The number of ether oxygens (including phenoxy) is 1. The molecule has 0 radical (unpaired) electrons. The lowest BCUT2D eigenvalue weighted by Gasteiger charge is -2.24. The summed E-state index contributed by atoms with van der Waals surface area (Å²) in [5.74, 6) is 1.42. The molecule has 0 aromatic heterocycles. The van der Waals surface area contributed by atoms with Gasteiger partial charge in [0.1, 0.15) is 11.9 Å². The van der Waals surface area contributed by atoms with Crippen molar-refractivity contribution in [1.82, 2.24) is 5.32 Å². The number of hydrogen-bond acceptors (Lipinski definition) is 2. The zero-order valence-electron chi connectivity index (χ0n) is 13.2. The first kappa shape index (κ1) is 15.6. The second kappa shape index (κ2) is 7.84. The van der Waals surface area contributed by atoms with E-state index in [0.717, 1.165) is 24.4 Å². The highest BCUT2D eigenvalue weighted by atomic mass is 16.5. The molecule has 0 aliphatic carbocycles. The summed E-state index contributed by atoms with van der Waals surface area (Å²) in [7, 11) is 0. The fourth-order valence-electron chi connectivity index (χ4n) is 2.29. The zero-order valence-corrected chi connectivity index (χ0v) is 13.2. The third kappa shape index (κ3) is 4.33. The number of likely N-dealkylation sites (N-methyl/N-ethyl adjacent to an activating group) is 1. The van der Waals surface area contributed by atoms with E-state index in [1.54, 1.807) is 0 Å². The number of rotatable bonds is 7. The van der Waals surface area contributed by atoms with Gasteiger partial charge in [0.2, 0.25) is 0 Å². The van der Waals surface area contributed by atoms with Gasteiger partial charge in [-0.05, 0) is 24.1 Å². The van der Waals surface area contributed by atoms with Crippen LogP contribution in [-0.2, 0) is 0 Å². The molecule has 0 aliphatic rings. The maximum Gasteiger partial charge on any atom is 0.127 e. The molecule has 2 rings (SSSR count). The van der Waals surface area contributed by atoms with Gasteiger partial charge in [-0.2, -0.15) is 0 Å². The summed E-state index contributed by atoms with van der Waals surface area (Å²) in [5, 5.41) is 3.38. The van der Waals surface area contributed by atoms with Crippen LogP contribution in [-0.4, -0.2) is 19.2 Å². The van der Waals surface area contributed by atoms with Gasteiger partial charge in [0.05, 0.1) is 0 Å². The second-order valence-corrected chi connectivity index (χ2v) is 5.57. The molecular formula is C19H25NO. The Morgan fingerprint density at radius 2 is 1.62 bits per heavy atom. The van der Waals surface area contributed by atoms with E-state index in [2.05, 4.69) is 68.6 Å². The van der Waals surface area contributed by atoms with Crippen LogP contribution in [0.15, 0.2) is 54.6 Å². The van der Waals surface area contributed by atoms with Crippen LogP contribution in [0.3, 0.4) is 0 Å². The van der Waals surface area contributed by atoms with Crippen LogP contribution in [0.4, 0.5) is 0 Å². The van der Waals surface area contributed by atoms with Crippen molar-refractivity contribution in [2.75, 3.05) is 13.1 Å². The fraction of sp³-hybridized carbons (Fsp3) is 0.368. The van der Waals surface area contributed by atoms with Gasteiger partial charge in [-0.3, -0.25) is 0 Å². The highest BCUT2D eigenvalue weighted by Crippen LogP contribution is 2.30. The topological polar surface area (TPSA) is 21.3 Å². The average molecular weight is 283 g/mol. The lowest BCUT2D eigenvalue weighted by Crippen LogP contribution is -2.35. The summed E-state index contributed by atoms with van der Waals surface area (Å²) in [6, 6.07) is 18.7. The van der Waals surface area contributed by atoms with Gasteiger partial charge < -0.3 is 10.1 Å². The molecular weight excluding hydrogens is 258 g/mol. The first-order valence-electron chi connectivity index (χ1n) is 7.74. The molecule has 0 bridgehead atoms. The molecule has 0 saturated heterocycles. The van der Waals surface area contributed by atoms with Gasteiger partial charge in [-0.25, -0.2) is 0 Å². The van der Waals surface area contributed by atoms with Crippen LogP contribution in [0.1, 0.15) is 20.8 Å². The van der Waals surface area contributed by atoms with Crippen molar-refractivity contribution in [2.24, 2.45) is 5.92 Å². The highest BCUT2D eigenvalue weighted by Gasteiger charge is 2.16. The Hall–Kier alpha value is -1.80. The predicted octanol–water partition coefficient (Wildman–Crippen LogP) is 4.37. The smallest absolute Gasteiger partial charge is 0.127 e. The molecule has 0 aliphatic heterocycles. The van der Waals surface area contributed by atoms with E-state index in [4.69, 9.17) is 4.74 Å². The minimum atomic E-state index is 0.176. The van der Waals surface area contributed by atoms with Crippen LogP contribution in [0.25, 0.3) is 11.1 Å². The molecule has 21 heavy (non-hydrogen) atoms. The Balaban J connectivity index is 2.23. The van der Waals surface area contributed by atoms with Crippen LogP contribution in [0.5, 0.6) is 5.75 Å². The van der Waals surface area contributed by atoms with Crippen LogP contribution < -0.4 is 10.1 Å². The normalized spacial score (nSPS) is 12.4. The van der Waals surface area contributed by atoms with E-state index in [0.29, 0.717) is 5.92 Å². The minimum Gasteiger partial charge on any atom is -0.488 e. The Kier molecular flexibility index (Phi) is 5.82. The number of nitrogens with one attached hydrogen (secondary N) is 1. The molecule has 112 valence electrons. The molecule has 2 aromatic carbocycles. The maximum atomic E-state index is 6.30. The van der Waals surface area contributed by atoms with E-state index in [-0.39, 0.29) is 6.10 Å². The van der Waals surface area contributed by atoms with Gasteiger partial charge in [-0.1, -0.05) is 69.3 Å². The van der Waals surface area contributed by atoms with Gasteiger partial charge in [-0.15, -0.1) is 0 Å². The van der Waals surface area contributed by atoms with Crippen molar-refractivity contribution in [3.8, 4) is 16.9 Å². The Labute approximate surface area is 128 Å². The first-order chi connectivity index (χ1) is 10.2. The molecule has 0 saturated carbocycles. The van der Waals surface area contributed by atoms with E-state index in [1.807, 2.05) is 12.1 Å². The summed E-state index contributed by atoms with van der Waals surface area (Å²) in [6.07, 6.45) is 0.176. The van der Waals surface area contributed by atoms with Crippen molar-refractivity contribution in [3.05, 3.63) is 54.6 Å². The summed E-state index contributed by atoms with van der Waals surface area (Å²) in [6.45, 7) is 8.36. The molecule has 1 atom stereocenters. The molecule has 0 fully saturated rings. The van der Waals surface area contributed by atoms with Crippen LogP contribution >= 0.6 is 0 Å². The molecule has 2 nitrogen and oxygen atoms in total. The molecule has 0 spiro atoms. The summed E-state index contributed by atoms with van der Waals surface area (Å²) < 4.78 is 6.30. The lowest BCUT2D eigenvalue weighted by atomic mass is 10.0. The van der Waals surface area contributed by atoms with Gasteiger partial charge >= 0.3 is 0 Å². The monoisotopic (exact) mass is 283 g/mol. The molecule has 0 amide bonds. The molecule has 0 heterocycles. The minimum absolute atomic E-state index is 0.176. The quantitative estimate of drug-likeness (QED) is 0.815. The summed E-state index contributed by atoms with van der Waals surface area (Å²) in [5.41, 5.74) is 2.35. The van der Waals surface area contributed by atoms with E-state index in [9.17, 15) is 0 Å². The number of hydrogen-bond donors (Lipinski definition) is 1. The second-order valence-electron chi connectivity index (χ2n) is 5.57. The lowest BCUT2D eigenvalue weighted by molar-refractivity contribution is 0.150. The van der Waals surface area contributed by atoms with Crippen molar-refractivity contribution in [1.29, 1.82) is 0 Å². The number of para-hydroxylation sites is 1. The molecule has 1 N–H and O–H groups in total. The first-order valence-corrected chi connectivity index (χ1v) is 7.74. The molecule has 2 heteroatoms. The van der Waals surface area contributed by atoms with E-state index in [1.165, 1.54) is 5.56 Å². The fourth-order valence-corrected chi connectivity index (χ4v) is 2.29. The van der Waals surface area contributed by atoms with Gasteiger partial charge in [0, 0.05) is 12.1 Å². The van der Waals surface area contributed by atoms with Crippen molar-refractivity contribution < 1.29 is 4.74 Å². The van der Waals surface area contributed by atoms with Crippen molar-refractivity contribution in [3.63, 3.8) is 0 Å². The molecule has 2 aromatic rings. The van der Waals surface area contributed by atoms with Crippen LogP contribution in [0.2, 0.25) is 0 Å². The Morgan fingerprint density at radius 3 is 2.29 bits per heavy atom. The number of benzene rings is 2. The third-order valence-corrected chi connectivity index (χ3v) is 3.59. The van der Waals surface area contributed by atoms with E-state index < -0.39 is 0 Å². The molecule has 1 unspecified atom stereocenters. The summed E-state index contributed by atoms with van der Waals surface area (Å²) >= 11 is 0. The Bertz CT molecular complexity index is 536. The van der Waals surface area contributed by atoms with Crippen LogP contribution in [0, 0.1) is 5.92 Å². The highest BCUT2D eigenvalue weighted by molar-refractivity contribution is 5.70. The maximum absolute atomic E-state index is 6.30. The predicted molar refractivity (Wildman–Crippen MR) is 89.7 cm³/mol. The third-order valence-electron chi connectivity index (χ3n) is 3.59. The van der Waals surface area contributed by atoms with Crippen molar-refractivity contribution in [2.45, 2.75) is 26.9 Å². The van der Waals surface area contributed by atoms with Crippen molar-refractivity contribution >= 4 is 0 Å². The van der Waals surface area contributed by atoms with Gasteiger partial charge in [0.15, 0.2) is 0 Å². The Morgan fingerprint density at radius 1 is 0.952 bits per heavy atom. The largest absolute Gasteiger partial charge is 0.488 e. The summed E-state index contributed by atoms with van der Waals surface area (Å²) in [4.78, 5) is 0. The standard InChI is InChI=1S/C19H25NO/c1-4-20-14-19(15(2)3)21-18-13-9-8-12-17(18)16-10-6-5-7-11-16/h5-13,15,19-20H,4,14H2,1-3H3. The average Bonchev–Trinajstić information content (AvgIpc) is 2.52. The SMILES string of the molecule is CCNCC(Oc1ccccc1-c1ccccc1)C(C)C. The van der Waals surface area contributed by atoms with E-state index >= 15 is 0 Å².